The van der Waals surface area contributed by atoms with Gasteiger partial charge in [-0.05, 0) is 12.1 Å². The van der Waals surface area contributed by atoms with Gasteiger partial charge in [0.15, 0.2) is 0 Å². The summed E-state index contributed by atoms with van der Waals surface area (Å²) in [5.41, 5.74) is 0.523. The monoisotopic (exact) mass is 202 g/mol. The lowest BCUT2D eigenvalue weighted by Crippen LogP contribution is -1.77. The molecule has 0 atom stereocenters. The van der Waals surface area contributed by atoms with Crippen LogP contribution in [0.2, 0.25) is 0 Å². The highest BCUT2D eigenvalue weighted by Crippen LogP contribution is 2.19. The smallest absolute Gasteiger partial charge is 0.133 e. The molecule has 0 saturated heterocycles. The zero-order chi connectivity index (χ0) is 9.80. The Morgan fingerprint density at radius 2 is 2.57 bits per heavy atom. The van der Waals surface area contributed by atoms with Crippen LogP contribution in [0.4, 0.5) is 0 Å². The van der Waals surface area contributed by atoms with E-state index in [1.807, 2.05) is 5.38 Å². The molecule has 68 valence electrons. The van der Waals surface area contributed by atoms with E-state index < -0.39 is 0 Å². The van der Waals surface area contributed by atoms with E-state index in [0.29, 0.717) is 16.3 Å². The summed E-state index contributed by atoms with van der Waals surface area (Å²) in [4.78, 5) is 4.05. The van der Waals surface area contributed by atoms with Crippen LogP contribution in [0.25, 0.3) is 11.6 Å². The Bertz CT molecular complexity index is 463. The van der Waals surface area contributed by atoms with Gasteiger partial charge in [0.05, 0.1) is 11.8 Å². The van der Waals surface area contributed by atoms with E-state index in [0.717, 1.165) is 0 Å². The van der Waals surface area contributed by atoms with Crippen molar-refractivity contribution in [2.24, 2.45) is 0 Å². The van der Waals surface area contributed by atoms with Crippen LogP contribution in [-0.4, -0.2) is 4.98 Å². The number of furan rings is 1. The van der Waals surface area contributed by atoms with Crippen LogP contribution in [0.1, 0.15) is 10.8 Å². The van der Waals surface area contributed by atoms with Gasteiger partial charge in [-0.2, -0.15) is 5.26 Å². The maximum atomic E-state index is 8.90. The van der Waals surface area contributed by atoms with E-state index in [-0.39, 0.29) is 0 Å². The molecule has 0 amide bonds. The van der Waals surface area contributed by atoms with Gasteiger partial charge in [-0.3, -0.25) is 0 Å². The van der Waals surface area contributed by atoms with Crippen LogP contribution in [-0.2, 0) is 0 Å². The van der Waals surface area contributed by atoms with Gasteiger partial charge in [-0.15, -0.1) is 11.3 Å². The number of rotatable bonds is 2. The van der Waals surface area contributed by atoms with E-state index in [4.69, 9.17) is 9.68 Å². The minimum atomic E-state index is 0.523. The molecule has 2 aromatic rings. The molecule has 2 rings (SSSR count). The average molecular weight is 202 g/mol. The predicted octanol–water partition coefficient (Wildman–Crippen LogP) is 2.80. The molecule has 2 aromatic heterocycles. The Morgan fingerprint density at radius 3 is 3.14 bits per heavy atom. The van der Waals surface area contributed by atoms with E-state index in [1.165, 1.54) is 11.3 Å². The van der Waals surface area contributed by atoms with Gasteiger partial charge in [0.2, 0.25) is 0 Å². The van der Waals surface area contributed by atoms with Crippen LogP contribution in [0.5, 0.6) is 0 Å². The van der Waals surface area contributed by atoms with Gasteiger partial charge < -0.3 is 4.42 Å². The number of hydrogen-bond acceptors (Lipinski definition) is 4. The topological polar surface area (TPSA) is 49.8 Å². The second kappa shape index (κ2) is 3.90. The van der Waals surface area contributed by atoms with E-state index in [1.54, 1.807) is 30.7 Å². The van der Waals surface area contributed by atoms with Crippen molar-refractivity contribution in [1.82, 2.24) is 4.98 Å². The van der Waals surface area contributed by atoms with E-state index in [9.17, 15) is 0 Å². The first-order valence-corrected chi connectivity index (χ1v) is 4.83. The normalized spacial score (nSPS) is 11.2. The van der Waals surface area contributed by atoms with E-state index >= 15 is 0 Å². The molecule has 0 unspecified atom stereocenters. The molecule has 0 aliphatic rings. The molecule has 0 aliphatic heterocycles. The van der Waals surface area contributed by atoms with Gasteiger partial charge in [0, 0.05) is 17.7 Å². The van der Waals surface area contributed by atoms with Crippen molar-refractivity contribution >= 4 is 23.0 Å². The van der Waals surface area contributed by atoms with Crippen molar-refractivity contribution in [1.29, 1.82) is 5.26 Å². The van der Waals surface area contributed by atoms with Crippen molar-refractivity contribution in [3.63, 3.8) is 0 Å². The molecule has 0 saturated carbocycles. The molecule has 3 nitrogen and oxygen atoms in total. The molecule has 0 aliphatic carbocycles. The highest BCUT2D eigenvalue weighted by atomic mass is 32.1. The van der Waals surface area contributed by atoms with Gasteiger partial charge in [-0.25, -0.2) is 4.98 Å². The van der Waals surface area contributed by atoms with Crippen molar-refractivity contribution in [2.45, 2.75) is 0 Å². The molecular formula is C10H6N2OS. The van der Waals surface area contributed by atoms with Gasteiger partial charge in [0.25, 0.3) is 0 Å². The summed E-state index contributed by atoms with van der Waals surface area (Å²) in [6.45, 7) is 0. The maximum Gasteiger partial charge on any atom is 0.133 e. The third-order valence-corrected chi connectivity index (χ3v) is 2.42. The summed E-state index contributed by atoms with van der Waals surface area (Å²) in [7, 11) is 0. The average Bonchev–Trinajstić information content (AvgIpc) is 2.86. The number of aromatic nitrogens is 1. The molecule has 14 heavy (non-hydrogen) atoms. The quantitative estimate of drug-likeness (QED) is 0.703. The van der Waals surface area contributed by atoms with Crippen molar-refractivity contribution < 1.29 is 4.42 Å². The Kier molecular flexibility index (Phi) is 2.43. The van der Waals surface area contributed by atoms with Crippen LogP contribution in [0.3, 0.4) is 0 Å². The summed E-state index contributed by atoms with van der Waals surface area (Å²) in [6.07, 6.45) is 4.93. The van der Waals surface area contributed by atoms with Crippen LogP contribution in [0.15, 0.2) is 34.4 Å². The SMILES string of the molecule is N#C/C(=C/c1ccco1)c1nccs1. The second-order valence-corrected chi connectivity index (χ2v) is 3.42. The third kappa shape index (κ3) is 1.73. The van der Waals surface area contributed by atoms with Gasteiger partial charge in [-0.1, -0.05) is 0 Å². The first kappa shape index (κ1) is 8.73. The number of hydrogen-bond donors (Lipinski definition) is 0. The third-order valence-electron chi connectivity index (χ3n) is 1.61. The van der Waals surface area contributed by atoms with Crippen molar-refractivity contribution in [2.75, 3.05) is 0 Å². The minimum Gasteiger partial charge on any atom is -0.465 e. The first-order chi connectivity index (χ1) is 6.90. The molecule has 4 heteroatoms. The molecule has 0 fully saturated rings. The summed E-state index contributed by atoms with van der Waals surface area (Å²) in [5.74, 6) is 0.664. The summed E-state index contributed by atoms with van der Waals surface area (Å²) in [6, 6.07) is 5.67. The van der Waals surface area contributed by atoms with Crippen LogP contribution in [0, 0.1) is 11.3 Å². The molecule has 0 aromatic carbocycles. The lowest BCUT2D eigenvalue weighted by molar-refractivity contribution is 0.557. The van der Waals surface area contributed by atoms with Crippen LogP contribution < -0.4 is 0 Å². The van der Waals surface area contributed by atoms with Crippen molar-refractivity contribution in [3.05, 3.63) is 40.7 Å². The standard InChI is InChI=1S/C10H6N2OS/c11-7-8(10-12-3-5-14-10)6-9-2-1-4-13-9/h1-6H/b8-6-. The minimum absolute atomic E-state index is 0.523. The largest absolute Gasteiger partial charge is 0.465 e. The van der Waals surface area contributed by atoms with Gasteiger partial charge >= 0.3 is 0 Å². The lowest BCUT2D eigenvalue weighted by atomic mass is 10.2. The lowest BCUT2D eigenvalue weighted by Gasteiger charge is -1.89. The first-order valence-electron chi connectivity index (χ1n) is 3.95. The zero-order valence-electron chi connectivity index (χ0n) is 7.18. The highest BCUT2D eigenvalue weighted by molar-refractivity contribution is 7.10. The predicted molar refractivity (Wildman–Crippen MR) is 54.3 cm³/mol. The van der Waals surface area contributed by atoms with Crippen molar-refractivity contribution in [3.8, 4) is 6.07 Å². The Hall–Kier alpha value is -1.86. The molecule has 2 heterocycles. The van der Waals surface area contributed by atoms with Crippen LogP contribution >= 0.6 is 11.3 Å². The Balaban J connectivity index is 2.37. The maximum absolute atomic E-state index is 8.90. The fourth-order valence-electron chi connectivity index (χ4n) is 1.01. The number of allylic oxidation sites excluding steroid dienone is 1. The van der Waals surface area contributed by atoms with Gasteiger partial charge in [0.1, 0.15) is 16.8 Å². The number of nitrogens with zero attached hydrogens (tertiary/aromatic N) is 2. The second-order valence-electron chi connectivity index (χ2n) is 2.52. The highest BCUT2D eigenvalue weighted by Gasteiger charge is 2.03. The summed E-state index contributed by atoms with van der Waals surface area (Å²) < 4.78 is 5.11. The fraction of sp³-hybridized carbons (Fsp3) is 0. The Labute approximate surface area is 84.9 Å². The Morgan fingerprint density at radius 1 is 1.64 bits per heavy atom. The summed E-state index contributed by atoms with van der Waals surface area (Å²) in [5, 5.41) is 11.5. The number of thiazole rings is 1. The molecule has 0 N–H and O–H groups in total. The molecule has 0 radical (unpaired) electrons. The molecule has 0 spiro atoms. The zero-order valence-corrected chi connectivity index (χ0v) is 7.99. The molecule has 0 bridgehead atoms. The summed E-state index contributed by atoms with van der Waals surface area (Å²) >= 11 is 1.43. The number of nitriles is 1. The fourth-order valence-corrected chi connectivity index (χ4v) is 1.62. The van der Waals surface area contributed by atoms with E-state index in [2.05, 4.69) is 11.1 Å². The molecular weight excluding hydrogens is 196 g/mol.